The average Bonchev–Trinajstić information content (AvgIpc) is 3.29. The minimum absolute atomic E-state index is 0.0245. The SMILES string of the molecule is C[C@]12CCC(=O)C[C@H]1CC[C@@H]1[C@@H]2[C@H](OC(=O)c2ccccc2)C[C@]2(C)[C@@H](C(=O)COC3CCCCO3)CC[C@@H]12. The van der Waals surface area contributed by atoms with Crippen LogP contribution in [0.25, 0.3) is 0 Å². The molecule has 5 fully saturated rings. The Labute approximate surface area is 232 Å². The van der Waals surface area contributed by atoms with Crippen molar-refractivity contribution in [3.8, 4) is 0 Å². The van der Waals surface area contributed by atoms with Gasteiger partial charge in [-0.2, -0.15) is 0 Å². The standard InChI is InChI=1S/C33H44O6/c1-32-16-15-23(34)18-22(32)11-12-24-25-13-14-26(27(35)20-38-29-10-6-7-17-37-29)33(25,2)19-28(30(24)32)39-31(36)21-8-4-3-5-9-21/h3-5,8-9,22,24-26,28-30H,6-7,10-20H2,1-2H3/t22-,24+,25+,26-,28-,29?,30-,32+,33+/m1/s1. The molecule has 0 bridgehead atoms. The largest absolute Gasteiger partial charge is 0.458 e. The summed E-state index contributed by atoms with van der Waals surface area (Å²) in [6.45, 7) is 5.44. The van der Waals surface area contributed by atoms with Crippen LogP contribution in [0.15, 0.2) is 30.3 Å². The predicted molar refractivity (Wildman–Crippen MR) is 146 cm³/mol. The van der Waals surface area contributed by atoms with E-state index in [0.717, 1.165) is 51.4 Å². The number of ether oxygens (including phenoxy) is 3. The summed E-state index contributed by atoms with van der Waals surface area (Å²) in [5.74, 6) is 1.56. The summed E-state index contributed by atoms with van der Waals surface area (Å²) in [5, 5.41) is 0. The number of benzene rings is 1. The van der Waals surface area contributed by atoms with Crippen LogP contribution in [0.5, 0.6) is 0 Å². The zero-order valence-corrected chi connectivity index (χ0v) is 23.6. The van der Waals surface area contributed by atoms with Crippen molar-refractivity contribution >= 4 is 17.5 Å². The average molecular weight is 537 g/mol. The first-order valence-corrected chi connectivity index (χ1v) is 15.3. The Hall–Kier alpha value is -2.05. The molecule has 212 valence electrons. The summed E-state index contributed by atoms with van der Waals surface area (Å²) in [6.07, 6.45) is 9.30. The van der Waals surface area contributed by atoms with Gasteiger partial charge < -0.3 is 14.2 Å². The molecule has 1 unspecified atom stereocenters. The van der Waals surface area contributed by atoms with Crippen LogP contribution in [0.3, 0.4) is 0 Å². The molecule has 0 radical (unpaired) electrons. The Morgan fingerprint density at radius 1 is 1.00 bits per heavy atom. The van der Waals surface area contributed by atoms with Crippen molar-refractivity contribution in [2.75, 3.05) is 13.2 Å². The van der Waals surface area contributed by atoms with Gasteiger partial charge >= 0.3 is 5.97 Å². The third kappa shape index (κ3) is 4.90. The van der Waals surface area contributed by atoms with Crippen LogP contribution in [0.2, 0.25) is 0 Å². The molecule has 1 saturated heterocycles. The van der Waals surface area contributed by atoms with Gasteiger partial charge in [0.05, 0.1) is 5.56 Å². The smallest absolute Gasteiger partial charge is 0.338 e. The van der Waals surface area contributed by atoms with Crippen LogP contribution in [-0.2, 0) is 23.8 Å². The molecule has 1 aliphatic heterocycles. The van der Waals surface area contributed by atoms with E-state index in [0.29, 0.717) is 55.0 Å². The Kier molecular flexibility index (Phi) is 7.47. The number of rotatable bonds is 6. The lowest BCUT2D eigenvalue weighted by molar-refractivity contribution is -0.182. The quantitative estimate of drug-likeness (QED) is 0.405. The zero-order chi connectivity index (χ0) is 27.2. The van der Waals surface area contributed by atoms with Gasteiger partial charge in [0, 0.05) is 31.3 Å². The molecule has 1 aromatic rings. The molecular formula is C33H44O6. The molecule has 9 atom stereocenters. The maximum atomic E-state index is 13.7. The van der Waals surface area contributed by atoms with Crippen molar-refractivity contribution in [3.63, 3.8) is 0 Å². The molecule has 4 aliphatic carbocycles. The number of esters is 1. The van der Waals surface area contributed by atoms with Crippen molar-refractivity contribution in [1.29, 1.82) is 0 Å². The third-order valence-electron chi connectivity index (χ3n) is 11.6. The summed E-state index contributed by atoms with van der Waals surface area (Å²) in [7, 11) is 0. The lowest BCUT2D eigenvalue weighted by Crippen LogP contribution is -2.60. The van der Waals surface area contributed by atoms with Crippen LogP contribution in [-0.4, -0.2) is 43.1 Å². The molecule has 0 amide bonds. The Balaban J connectivity index is 1.27. The zero-order valence-electron chi connectivity index (χ0n) is 23.6. The second-order valence-electron chi connectivity index (χ2n) is 13.5. The number of hydrogen-bond acceptors (Lipinski definition) is 6. The second kappa shape index (κ2) is 10.7. The summed E-state index contributed by atoms with van der Waals surface area (Å²) >= 11 is 0. The van der Waals surface area contributed by atoms with Crippen LogP contribution in [0.4, 0.5) is 0 Å². The number of carbonyl (C=O) groups is 3. The van der Waals surface area contributed by atoms with E-state index in [9.17, 15) is 14.4 Å². The first-order chi connectivity index (χ1) is 18.8. The van der Waals surface area contributed by atoms with Crippen LogP contribution in [0, 0.1) is 40.4 Å². The van der Waals surface area contributed by atoms with Crippen molar-refractivity contribution in [1.82, 2.24) is 0 Å². The molecule has 0 spiro atoms. The van der Waals surface area contributed by atoms with Gasteiger partial charge in [0.25, 0.3) is 0 Å². The van der Waals surface area contributed by atoms with E-state index in [-0.39, 0.29) is 53.4 Å². The van der Waals surface area contributed by atoms with E-state index in [1.165, 1.54) is 0 Å². The summed E-state index contributed by atoms with van der Waals surface area (Å²) < 4.78 is 18.1. The van der Waals surface area contributed by atoms with Gasteiger partial charge in [-0.05, 0) is 98.5 Å². The van der Waals surface area contributed by atoms with Gasteiger partial charge in [0.1, 0.15) is 18.5 Å². The maximum Gasteiger partial charge on any atom is 0.338 e. The normalized spacial score (nSPS) is 41.7. The minimum Gasteiger partial charge on any atom is -0.458 e. The number of ketones is 2. The molecule has 0 aromatic heterocycles. The maximum absolute atomic E-state index is 13.7. The summed E-state index contributed by atoms with van der Waals surface area (Å²) in [5.41, 5.74) is 0.311. The molecule has 1 aromatic carbocycles. The van der Waals surface area contributed by atoms with E-state index >= 15 is 0 Å². The van der Waals surface area contributed by atoms with Gasteiger partial charge in [-0.15, -0.1) is 0 Å². The minimum atomic E-state index is -0.280. The van der Waals surface area contributed by atoms with Gasteiger partial charge in [0.15, 0.2) is 12.1 Å². The van der Waals surface area contributed by atoms with Crippen LogP contribution < -0.4 is 0 Å². The molecule has 39 heavy (non-hydrogen) atoms. The monoisotopic (exact) mass is 536 g/mol. The molecule has 6 rings (SSSR count). The molecule has 6 nitrogen and oxygen atoms in total. The second-order valence-corrected chi connectivity index (χ2v) is 13.5. The number of Topliss-reactive ketones (excluding diaryl/α,β-unsaturated/α-hetero) is 2. The van der Waals surface area contributed by atoms with E-state index in [1.54, 1.807) is 0 Å². The summed E-state index contributed by atoms with van der Waals surface area (Å²) in [6, 6.07) is 9.25. The fourth-order valence-electron chi connectivity index (χ4n) is 9.67. The van der Waals surface area contributed by atoms with Gasteiger partial charge in [-0.3, -0.25) is 9.59 Å². The fourth-order valence-corrected chi connectivity index (χ4v) is 9.67. The Morgan fingerprint density at radius 3 is 2.59 bits per heavy atom. The van der Waals surface area contributed by atoms with E-state index in [1.807, 2.05) is 30.3 Å². The Bertz CT molecular complexity index is 1080. The molecule has 4 saturated carbocycles. The Morgan fingerprint density at radius 2 is 1.82 bits per heavy atom. The third-order valence-corrected chi connectivity index (χ3v) is 11.6. The van der Waals surface area contributed by atoms with Crippen molar-refractivity contribution < 1.29 is 28.6 Å². The highest BCUT2D eigenvalue weighted by Gasteiger charge is 2.65. The van der Waals surface area contributed by atoms with Gasteiger partial charge in [0.2, 0.25) is 0 Å². The predicted octanol–water partition coefficient (Wildman–Crippen LogP) is 6.16. The molecule has 0 N–H and O–H groups in total. The number of fused-ring (bicyclic) bond motifs is 5. The summed E-state index contributed by atoms with van der Waals surface area (Å²) in [4.78, 5) is 39.5. The number of carbonyl (C=O) groups excluding carboxylic acids is 3. The highest BCUT2D eigenvalue weighted by Crippen LogP contribution is 2.67. The van der Waals surface area contributed by atoms with E-state index in [2.05, 4.69) is 13.8 Å². The lowest BCUT2D eigenvalue weighted by Gasteiger charge is -2.62. The number of hydrogen-bond donors (Lipinski definition) is 0. The first kappa shape index (κ1) is 27.1. The molecule has 5 aliphatic rings. The molecule has 6 heteroatoms. The molecule has 1 heterocycles. The highest BCUT2D eigenvalue weighted by atomic mass is 16.7. The lowest BCUT2D eigenvalue weighted by atomic mass is 9.44. The van der Waals surface area contributed by atoms with E-state index in [4.69, 9.17) is 14.2 Å². The van der Waals surface area contributed by atoms with E-state index < -0.39 is 0 Å². The van der Waals surface area contributed by atoms with Gasteiger partial charge in [-0.1, -0.05) is 32.0 Å². The topological polar surface area (TPSA) is 78.9 Å². The fraction of sp³-hybridized carbons (Fsp3) is 0.727. The van der Waals surface area contributed by atoms with Crippen LogP contribution >= 0.6 is 0 Å². The van der Waals surface area contributed by atoms with Crippen LogP contribution in [0.1, 0.15) is 94.8 Å². The molecular weight excluding hydrogens is 492 g/mol. The van der Waals surface area contributed by atoms with Gasteiger partial charge in [-0.25, -0.2) is 4.79 Å². The van der Waals surface area contributed by atoms with Crippen molar-refractivity contribution in [2.24, 2.45) is 40.4 Å². The van der Waals surface area contributed by atoms with Crippen molar-refractivity contribution in [3.05, 3.63) is 35.9 Å². The first-order valence-electron chi connectivity index (χ1n) is 15.3. The van der Waals surface area contributed by atoms with Crippen molar-refractivity contribution in [2.45, 2.75) is 96.9 Å². The highest BCUT2D eigenvalue weighted by molar-refractivity contribution is 5.89.